The average molecular weight is 376 g/mol. The van der Waals surface area contributed by atoms with Gasteiger partial charge in [-0.3, -0.25) is 14.4 Å². The lowest BCUT2D eigenvalue weighted by molar-refractivity contribution is -0.159. The third-order valence-corrected chi connectivity index (χ3v) is 5.15. The van der Waals surface area contributed by atoms with Gasteiger partial charge in [0.15, 0.2) is 11.5 Å². The van der Waals surface area contributed by atoms with Crippen LogP contribution in [0.5, 0.6) is 11.5 Å². The Balaban J connectivity index is 1.58. The van der Waals surface area contributed by atoms with Crippen molar-refractivity contribution in [2.75, 3.05) is 31.6 Å². The van der Waals surface area contributed by atoms with Crippen LogP contribution < -0.4 is 14.8 Å². The molecule has 1 heterocycles. The van der Waals surface area contributed by atoms with Crippen LogP contribution in [0.4, 0.5) is 5.69 Å². The summed E-state index contributed by atoms with van der Waals surface area (Å²) >= 11 is 0. The van der Waals surface area contributed by atoms with Crippen LogP contribution in [-0.2, 0) is 14.4 Å². The summed E-state index contributed by atoms with van der Waals surface area (Å²) in [5.74, 6) is -0.393. The number of hydrogen-bond donors (Lipinski definition) is 2. The third-order valence-electron chi connectivity index (χ3n) is 5.15. The number of carboxylic acid groups (broad SMARTS) is 1. The number of carboxylic acids is 1. The second-order valence-electron chi connectivity index (χ2n) is 6.93. The quantitative estimate of drug-likeness (QED) is 0.753. The zero-order valence-corrected chi connectivity index (χ0v) is 15.3. The van der Waals surface area contributed by atoms with Crippen molar-refractivity contribution in [1.29, 1.82) is 0 Å². The first-order valence-corrected chi connectivity index (χ1v) is 9.14. The molecule has 0 saturated heterocycles. The van der Waals surface area contributed by atoms with Crippen LogP contribution in [0.2, 0.25) is 0 Å². The van der Waals surface area contributed by atoms with Gasteiger partial charge in [-0.1, -0.05) is 6.42 Å². The van der Waals surface area contributed by atoms with Crippen molar-refractivity contribution < 1.29 is 29.0 Å². The number of aliphatic carboxylic acids is 1. The minimum Gasteiger partial charge on any atom is -0.486 e. The number of carbonyl (C=O) groups excluding carboxylic acids is 2. The Hall–Kier alpha value is -2.77. The number of ether oxygens (including phenoxy) is 2. The summed E-state index contributed by atoms with van der Waals surface area (Å²) in [5.41, 5.74) is -0.412. The maximum absolute atomic E-state index is 12.5. The molecule has 8 nitrogen and oxygen atoms in total. The van der Waals surface area contributed by atoms with Crippen molar-refractivity contribution in [1.82, 2.24) is 4.90 Å². The fraction of sp³-hybridized carbons (Fsp3) is 0.526. The van der Waals surface area contributed by atoms with Crippen molar-refractivity contribution in [2.24, 2.45) is 5.41 Å². The maximum atomic E-state index is 12.5. The zero-order valence-electron chi connectivity index (χ0n) is 15.3. The highest BCUT2D eigenvalue weighted by Gasteiger charge is 2.46. The predicted octanol–water partition coefficient (Wildman–Crippen LogP) is 1.89. The number of hydrogen-bond acceptors (Lipinski definition) is 5. The first-order chi connectivity index (χ1) is 12.9. The molecule has 1 saturated carbocycles. The Bertz CT molecular complexity index is 744. The van der Waals surface area contributed by atoms with Gasteiger partial charge in [-0.15, -0.1) is 0 Å². The van der Waals surface area contributed by atoms with E-state index in [0.29, 0.717) is 49.8 Å². The largest absolute Gasteiger partial charge is 0.486 e. The number of benzene rings is 1. The molecular weight excluding hydrogens is 352 g/mol. The first-order valence-electron chi connectivity index (χ1n) is 9.14. The molecule has 0 unspecified atom stereocenters. The number of nitrogens with one attached hydrogen (secondary N) is 1. The molecule has 2 amide bonds. The van der Waals surface area contributed by atoms with E-state index in [0.717, 1.165) is 6.42 Å². The third kappa shape index (κ3) is 4.15. The van der Waals surface area contributed by atoms with E-state index >= 15 is 0 Å². The zero-order chi connectivity index (χ0) is 19.4. The molecule has 1 aliphatic carbocycles. The van der Waals surface area contributed by atoms with Gasteiger partial charge in [0.1, 0.15) is 13.2 Å². The minimum absolute atomic E-state index is 0.0620. The molecule has 27 heavy (non-hydrogen) atoms. The van der Waals surface area contributed by atoms with Gasteiger partial charge < -0.3 is 24.8 Å². The van der Waals surface area contributed by atoms with E-state index in [1.807, 2.05) is 0 Å². The van der Waals surface area contributed by atoms with Crippen molar-refractivity contribution >= 4 is 23.5 Å². The monoisotopic (exact) mass is 376 g/mol. The highest BCUT2D eigenvalue weighted by atomic mass is 16.6. The summed E-state index contributed by atoms with van der Waals surface area (Å²) in [6.07, 6.45) is 1.77. The van der Waals surface area contributed by atoms with Crippen LogP contribution in [0.15, 0.2) is 18.2 Å². The van der Waals surface area contributed by atoms with Crippen molar-refractivity contribution in [2.45, 2.75) is 32.6 Å². The molecule has 0 radical (unpaired) electrons. The van der Waals surface area contributed by atoms with Crippen molar-refractivity contribution in [3.63, 3.8) is 0 Å². The molecule has 0 spiro atoms. The van der Waals surface area contributed by atoms with Gasteiger partial charge in [-0.05, 0) is 31.9 Å². The van der Waals surface area contributed by atoms with E-state index in [-0.39, 0.29) is 24.8 Å². The van der Waals surface area contributed by atoms with Gasteiger partial charge >= 0.3 is 5.97 Å². The van der Waals surface area contributed by atoms with E-state index in [4.69, 9.17) is 9.47 Å². The molecule has 1 aromatic carbocycles. The van der Waals surface area contributed by atoms with Gasteiger partial charge in [-0.2, -0.15) is 0 Å². The van der Waals surface area contributed by atoms with E-state index < -0.39 is 11.4 Å². The summed E-state index contributed by atoms with van der Waals surface area (Å²) in [5, 5.41) is 12.1. The molecular formula is C19H24N2O6. The van der Waals surface area contributed by atoms with Gasteiger partial charge in [0.25, 0.3) is 0 Å². The molecule has 0 bridgehead atoms. The van der Waals surface area contributed by atoms with Crippen molar-refractivity contribution in [3.05, 3.63) is 18.2 Å². The summed E-state index contributed by atoms with van der Waals surface area (Å²) in [6.45, 7) is 2.92. The van der Waals surface area contributed by atoms with Gasteiger partial charge in [0.2, 0.25) is 11.8 Å². The number of carbonyl (C=O) groups is 3. The van der Waals surface area contributed by atoms with Crippen LogP contribution in [0.3, 0.4) is 0 Å². The smallest absolute Gasteiger partial charge is 0.310 e. The van der Waals surface area contributed by atoms with E-state index in [1.54, 1.807) is 25.1 Å². The van der Waals surface area contributed by atoms with E-state index in [1.165, 1.54) is 4.90 Å². The van der Waals surface area contributed by atoms with Crippen LogP contribution in [-0.4, -0.2) is 54.1 Å². The highest BCUT2D eigenvalue weighted by Crippen LogP contribution is 2.44. The number of anilines is 1. The fourth-order valence-electron chi connectivity index (χ4n) is 3.34. The average Bonchev–Trinajstić information content (AvgIpc) is 2.62. The number of nitrogens with zero attached hydrogens (tertiary/aromatic N) is 1. The van der Waals surface area contributed by atoms with Gasteiger partial charge in [0.05, 0.1) is 12.0 Å². The van der Waals surface area contributed by atoms with Crippen LogP contribution in [0.25, 0.3) is 0 Å². The Morgan fingerprint density at radius 3 is 2.48 bits per heavy atom. The lowest BCUT2D eigenvalue weighted by atomic mass is 9.66. The molecule has 2 aliphatic rings. The predicted molar refractivity (Wildman–Crippen MR) is 96.9 cm³/mol. The molecule has 0 aromatic heterocycles. The Kier molecular flexibility index (Phi) is 5.53. The van der Waals surface area contributed by atoms with Crippen LogP contribution in [0.1, 0.15) is 32.6 Å². The number of amides is 2. The minimum atomic E-state index is -0.961. The van der Waals surface area contributed by atoms with Crippen LogP contribution in [0, 0.1) is 5.41 Å². The molecule has 0 atom stereocenters. The molecule has 1 aliphatic heterocycles. The Morgan fingerprint density at radius 2 is 1.89 bits per heavy atom. The molecule has 8 heteroatoms. The summed E-state index contributed by atoms with van der Waals surface area (Å²) in [7, 11) is 0. The second-order valence-corrected chi connectivity index (χ2v) is 6.93. The summed E-state index contributed by atoms with van der Waals surface area (Å²) in [6, 6.07) is 5.11. The summed E-state index contributed by atoms with van der Waals surface area (Å²) in [4.78, 5) is 37.7. The molecule has 146 valence electrons. The maximum Gasteiger partial charge on any atom is 0.310 e. The molecule has 2 N–H and O–H groups in total. The Labute approximate surface area is 157 Å². The topological polar surface area (TPSA) is 105 Å². The normalized spacial score (nSPS) is 16.8. The summed E-state index contributed by atoms with van der Waals surface area (Å²) < 4.78 is 10.9. The van der Waals surface area contributed by atoms with E-state index in [9.17, 15) is 19.5 Å². The van der Waals surface area contributed by atoms with E-state index in [2.05, 4.69) is 5.32 Å². The lowest BCUT2D eigenvalue weighted by Crippen LogP contribution is -2.45. The lowest BCUT2D eigenvalue weighted by Gasteiger charge is -2.38. The standard InChI is InChI=1S/C19H24N2O6/c1-2-21(17(23)11-19(18(24)25)6-3-7-19)12-16(22)20-13-4-5-14-15(10-13)27-9-8-26-14/h4-5,10H,2-3,6-9,11-12H2,1H3,(H,20,22)(H,24,25). The fourth-order valence-corrected chi connectivity index (χ4v) is 3.34. The Morgan fingerprint density at radius 1 is 1.19 bits per heavy atom. The van der Waals surface area contributed by atoms with Gasteiger partial charge in [-0.25, -0.2) is 0 Å². The molecule has 3 rings (SSSR count). The van der Waals surface area contributed by atoms with Crippen molar-refractivity contribution in [3.8, 4) is 11.5 Å². The number of rotatable bonds is 7. The second kappa shape index (κ2) is 7.85. The number of fused-ring (bicyclic) bond motifs is 1. The molecule has 1 fully saturated rings. The SMILES string of the molecule is CCN(CC(=O)Nc1ccc2c(c1)OCCO2)C(=O)CC1(C(=O)O)CCC1. The van der Waals surface area contributed by atoms with Crippen LogP contribution >= 0.6 is 0 Å². The molecule has 1 aromatic rings. The first kappa shape index (κ1) is 19.0. The highest BCUT2D eigenvalue weighted by molar-refractivity contribution is 5.95. The number of likely N-dealkylation sites (N-methyl/N-ethyl adjacent to an activating group) is 1. The van der Waals surface area contributed by atoms with Gasteiger partial charge in [0, 0.05) is 24.7 Å².